The summed E-state index contributed by atoms with van der Waals surface area (Å²) in [6, 6.07) is 13.0. The highest BCUT2D eigenvalue weighted by Gasteiger charge is 2.11. The fourth-order valence-corrected chi connectivity index (χ4v) is 2.52. The fourth-order valence-electron chi connectivity index (χ4n) is 2.52. The second-order valence-corrected chi connectivity index (χ2v) is 5.93. The van der Waals surface area contributed by atoms with Crippen LogP contribution in [0.25, 0.3) is 0 Å². The molecule has 3 rings (SSSR count). The smallest absolute Gasteiger partial charge is 0.251 e. The summed E-state index contributed by atoms with van der Waals surface area (Å²) in [5, 5.41) is 6.66. The summed E-state index contributed by atoms with van der Waals surface area (Å²) in [5.41, 5.74) is 2.85. The summed E-state index contributed by atoms with van der Waals surface area (Å²) in [6.07, 6.45) is 0. The molecule has 0 unspecified atom stereocenters. The summed E-state index contributed by atoms with van der Waals surface area (Å²) in [4.78, 5) is 12.3. The van der Waals surface area contributed by atoms with Gasteiger partial charge in [-0.15, -0.1) is 0 Å². The van der Waals surface area contributed by atoms with Crippen LogP contribution in [0.3, 0.4) is 0 Å². The molecule has 1 amide bonds. The molecule has 0 aliphatic rings. The minimum atomic E-state index is -0.327. The van der Waals surface area contributed by atoms with Crippen LogP contribution in [0.5, 0.6) is 5.75 Å². The second-order valence-electron chi connectivity index (χ2n) is 5.93. The molecule has 26 heavy (non-hydrogen) atoms. The zero-order chi connectivity index (χ0) is 18.5. The Morgan fingerprint density at radius 2 is 2.00 bits per heavy atom. The van der Waals surface area contributed by atoms with Gasteiger partial charge in [-0.1, -0.05) is 23.4 Å². The van der Waals surface area contributed by atoms with Gasteiger partial charge in [-0.2, -0.15) is 0 Å². The molecule has 3 aromatic rings. The van der Waals surface area contributed by atoms with Gasteiger partial charge in [0.05, 0.1) is 11.3 Å². The van der Waals surface area contributed by atoms with Gasteiger partial charge in [0.1, 0.15) is 23.9 Å². The Balaban J connectivity index is 1.62. The van der Waals surface area contributed by atoms with Gasteiger partial charge >= 0.3 is 0 Å². The molecule has 0 saturated carbocycles. The number of hydrogen-bond donors (Lipinski definition) is 1. The Labute approximate surface area is 150 Å². The number of amides is 1. The van der Waals surface area contributed by atoms with Crippen LogP contribution in [0.2, 0.25) is 0 Å². The topological polar surface area (TPSA) is 64.4 Å². The van der Waals surface area contributed by atoms with Crippen LogP contribution in [-0.4, -0.2) is 11.1 Å². The van der Waals surface area contributed by atoms with Crippen molar-refractivity contribution in [3.05, 3.63) is 82.5 Å². The number of carbonyl (C=O) groups excluding carboxylic acids is 1. The molecule has 5 nitrogen and oxygen atoms in total. The third-order valence-electron chi connectivity index (χ3n) is 4.00. The lowest BCUT2D eigenvalue weighted by Crippen LogP contribution is -2.22. The number of hydrogen-bond acceptors (Lipinski definition) is 4. The van der Waals surface area contributed by atoms with Crippen molar-refractivity contribution in [3.8, 4) is 5.75 Å². The summed E-state index contributed by atoms with van der Waals surface area (Å²) in [7, 11) is 0. The van der Waals surface area contributed by atoms with Crippen molar-refractivity contribution in [2.45, 2.75) is 27.0 Å². The van der Waals surface area contributed by atoms with Crippen LogP contribution < -0.4 is 10.1 Å². The number of ether oxygens (including phenoxy) is 1. The molecular weight excluding hydrogens is 335 g/mol. The van der Waals surface area contributed by atoms with E-state index in [0.717, 1.165) is 11.3 Å². The molecule has 0 atom stereocenters. The Bertz CT molecular complexity index is 901. The molecule has 2 aromatic carbocycles. The molecule has 0 fully saturated rings. The predicted octanol–water partition coefficient (Wildman–Crippen LogP) is 3.94. The quantitative estimate of drug-likeness (QED) is 0.728. The number of nitrogens with zero attached hydrogens (tertiary/aromatic N) is 1. The molecule has 0 bridgehead atoms. The van der Waals surface area contributed by atoms with E-state index in [4.69, 9.17) is 9.26 Å². The lowest BCUT2D eigenvalue weighted by molar-refractivity contribution is 0.0950. The standard InChI is InChI=1S/C20H19FN2O3/c1-13-19(14(2)26-23-13)12-25-18-8-4-6-16(10-18)20(24)22-11-15-5-3-7-17(21)9-15/h3-10H,11-12H2,1-2H3,(H,22,24). The first-order valence-corrected chi connectivity index (χ1v) is 8.20. The van der Waals surface area contributed by atoms with Crippen LogP contribution in [0.15, 0.2) is 53.1 Å². The first-order chi connectivity index (χ1) is 12.5. The van der Waals surface area contributed by atoms with Gasteiger partial charge in [0, 0.05) is 12.1 Å². The predicted molar refractivity (Wildman–Crippen MR) is 94.3 cm³/mol. The number of carbonyl (C=O) groups is 1. The fraction of sp³-hybridized carbons (Fsp3) is 0.200. The van der Waals surface area contributed by atoms with E-state index in [0.29, 0.717) is 29.2 Å². The molecular formula is C20H19FN2O3. The Morgan fingerprint density at radius 1 is 1.19 bits per heavy atom. The molecule has 134 valence electrons. The van der Waals surface area contributed by atoms with Gasteiger partial charge < -0.3 is 14.6 Å². The van der Waals surface area contributed by atoms with Crippen LogP contribution in [0.1, 0.15) is 32.9 Å². The maximum Gasteiger partial charge on any atom is 0.251 e. The van der Waals surface area contributed by atoms with Crippen LogP contribution >= 0.6 is 0 Å². The SMILES string of the molecule is Cc1noc(C)c1COc1cccc(C(=O)NCc2cccc(F)c2)c1. The maximum atomic E-state index is 13.2. The van der Waals surface area contributed by atoms with Crippen molar-refractivity contribution in [2.24, 2.45) is 0 Å². The van der Waals surface area contributed by atoms with Gasteiger partial charge in [-0.05, 0) is 49.7 Å². The van der Waals surface area contributed by atoms with E-state index >= 15 is 0 Å². The molecule has 6 heteroatoms. The first-order valence-electron chi connectivity index (χ1n) is 8.20. The number of halogens is 1. The highest BCUT2D eigenvalue weighted by molar-refractivity contribution is 5.94. The van der Waals surface area contributed by atoms with E-state index in [9.17, 15) is 9.18 Å². The minimum Gasteiger partial charge on any atom is -0.489 e. The zero-order valence-corrected chi connectivity index (χ0v) is 14.6. The van der Waals surface area contributed by atoms with Gasteiger partial charge in [-0.3, -0.25) is 4.79 Å². The van der Waals surface area contributed by atoms with Crippen LogP contribution in [0, 0.1) is 19.7 Å². The molecule has 0 saturated heterocycles. The van der Waals surface area contributed by atoms with Crippen molar-refractivity contribution in [2.75, 3.05) is 0 Å². The number of aromatic nitrogens is 1. The second kappa shape index (κ2) is 7.82. The molecule has 0 aliphatic carbocycles. The van der Waals surface area contributed by atoms with Crippen molar-refractivity contribution in [3.63, 3.8) is 0 Å². The van der Waals surface area contributed by atoms with Gasteiger partial charge in [-0.25, -0.2) is 4.39 Å². The highest BCUT2D eigenvalue weighted by atomic mass is 19.1. The van der Waals surface area contributed by atoms with Crippen molar-refractivity contribution in [1.82, 2.24) is 10.5 Å². The molecule has 0 spiro atoms. The molecule has 1 N–H and O–H groups in total. The van der Waals surface area contributed by atoms with Crippen molar-refractivity contribution >= 4 is 5.91 Å². The van der Waals surface area contributed by atoms with Gasteiger partial charge in [0.2, 0.25) is 0 Å². The van der Waals surface area contributed by atoms with E-state index in [1.165, 1.54) is 12.1 Å². The van der Waals surface area contributed by atoms with E-state index in [-0.39, 0.29) is 18.3 Å². The highest BCUT2D eigenvalue weighted by Crippen LogP contribution is 2.18. The van der Waals surface area contributed by atoms with Gasteiger partial charge in [0.15, 0.2) is 0 Å². The number of aryl methyl sites for hydroxylation is 2. The Morgan fingerprint density at radius 3 is 2.73 bits per heavy atom. The minimum absolute atomic E-state index is 0.251. The summed E-state index contributed by atoms with van der Waals surface area (Å²) < 4.78 is 24.0. The number of rotatable bonds is 6. The first kappa shape index (κ1) is 17.7. The van der Waals surface area contributed by atoms with E-state index in [1.807, 2.05) is 13.8 Å². The van der Waals surface area contributed by atoms with E-state index < -0.39 is 0 Å². The normalized spacial score (nSPS) is 10.6. The monoisotopic (exact) mass is 354 g/mol. The van der Waals surface area contributed by atoms with Crippen molar-refractivity contribution < 1.29 is 18.4 Å². The molecule has 1 aromatic heterocycles. The van der Waals surface area contributed by atoms with E-state index in [2.05, 4.69) is 10.5 Å². The average Bonchev–Trinajstić information content (AvgIpc) is 2.96. The maximum absolute atomic E-state index is 13.2. The largest absolute Gasteiger partial charge is 0.489 e. The Hall–Kier alpha value is -3.15. The molecule has 0 radical (unpaired) electrons. The molecule has 0 aliphatic heterocycles. The lowest BCUT2D eigenvalue weighted by atomic mass is 10.1. The lowest BCUT2D eigenvalue weighted by Gasteiger charge is -2.09. The Kier molecular flexibility index (Phi) is 5.31. The third-order valence-corrected chi connectivity index (χ3v) is 4.00. The van der Waals surface area contributed by atoms with Crippen molar-refractivity contribution in [1.29, 1.82) is 0 Å². The number of nitrogens with one attached hydrogen (secondary N) is 1. The number of benzene rings is 2. The summed E-state index contributed by atoms with van der Waals surface area (Å²) >= 11 is 0. The average molecular weight is 354 g/mol. The summed E-state index contributed by atoms with van der Waals surface area (Å²) in [6.45, 7) is 4.25. The van der Waals surface area contributed by atoms with Crippen LogP contribution in [0.4, 0.5) is 4.39 Å². The third kappa shape index (κ3) is 4.27. The van der Waals surface area contributed by atoms with E-state index in [1.54, 1.807) is 36.4 Å². The molecule has 1 heterocycles. The van der Waals surface area contributed by atoms with Gasteiger partial charge in [0.25, 0.3) is 5.91 Å². The summed E-state index contributed by atoms with van der Waals surface area (Å²) in [5.74, 6) is 0.707. The van der Waals surface area contributed by atoms with Crippen LogP contribution in [-0.2, 0) is 13.2 Å². The zero-order valence-electron chi connectivity index (χ0n) is 14.6.